The number of methoxy groups -OCH3 is 1. The molecule has 1 rings (SSSR count). The van der Waals surface area contributed by atoms with Gasteiger partial charge in [0.25, 0.3) is 0 Å². The third kappa shape index (κ3) is 7.35. The Morgan fingerprint density at radius 1 is 1.24 bits per heavy atom. The fourth-order valence-corrected chi connectivity index (χ4v) is 4.12. The highest BCUT2D eigenvalue weighted by Crippen LogP contribution is 2.21. The van der Waals surface area contributed by atoms with Gasteiger partial charge in [-0.05, 0) is 11.8 Å². The first-order valence-electron chi connectivity index (χ1n) is 10.7. The molecule has 1 saturated heterocycles. The second kappa shape index (κ2) is 12.9. The van der Waals surface area contributed by atoms with Gasteiger partial charge in [0.2, 0.25) is 11.8 Å². The molecule has 0 aromatic carbocycles. The molecular weight excluding hydrogens is 372 g/mol. The molecule has 1 aliphatic rings. The number of aldehydes is 1. The van der Waals surface area contributed by atoms with E-state index in [1.807, 2.05) is 27.7 Å². The maximum absolute atomic E-state index is 12.8. The smallest absolute Gasteiger partial charge is 0.242 e. The molecule has 0 saturated carbocycles. The van der Waals surface area contributed by atoms with E-state index in [0.717, 1.165) is 38.9 Å². The maximum atomic E-state index is 12.8. The van der Waals surface area contributed by atoms with Crippen LogP contribution in [0.2, 0.25) is 0 Å². The second-order valence-corrected chi connectivity index (χ2v) is 8.25. The Morgan fingerprint density at radius 2 is 1.86 bits per heavy atom. The van der Waals surface area contributed by atoms with Crippen molar-refractivity contribution < 1.29 is 19.1 Å². The van der Waals surface area contributed by atoms with Gasteiger partial charge in [0, 0.05) is 46.8 Å². The number of rotatable bonds is 12. The van der Waals surface area contributed by atoms with E-state index >= 15 is 0 Å². The summed E-state index contributed by atoms with van der Waals surface area (Å²) >= 11 is 0. The molecule has 0 radical (unpaired) electrons. The van der Waals surface area contributed by atoms with Crippen molar-refractivity contribution in [1.82, 2.24) is 20.4 Å². The maximum Gasteiger partial charge on any atom is 0.242 e. The lowest BCUT2D eigenvalue weighted by Gasteiger charge is -2.38. The van der Waals surface area contributed by atoms with Crippen molar-refractivity contribution in [2.24, 2.45) is 11.8 Å². The van der Waals surface area contributed by atoms with E-state index in [4.69, 9.17) is 4.74 Å². The van der Waals surface area contributed by atoms with E-state index in [2.05, 4.69) is 15.5 Å². The topological polar surface area (TPSA) is 91.0 Å². The summed E-state index contributed by atoms with van der Waals surface area (Å²) < 4.78 is 5.50. The van der Waals surface area contributed by atoms with Crippen LogP contribution in [0.3, 0.4) is 0 Å². The Labute approximate surface area is 175 Å². The van der Waals surface area contributed by atoms with Gasteiger partial charge in [-0.1, -0.05) is 34.1 Å². The number of nitrogens with zero attached hydrogens (tertiary/aromatic N) is 2. The van der Waals surface area contributed by atoms with Gasteiger partial charge in [-0.15, -0.1) is 0 Å². The van der Waals surface area contributed by atoms with Crippen LogP contribution in [0.15, 0.2) is 0 Å². The SMILES string of the molecule is CC[C@H](C)[C@@H](C(CC=O)OC)N(C)C(=O)CNC(=O)[C@H](C(C)C)N1CCNCC1. The van der Waals surface area contributed by atoms with Crippen LogP contribution in [-0.2, 0) is 19.1 Å². The Kier molecular flexibility index (Phi) is 11.4. The molecule has 1 fully saturated rings. The first-order chi connectivity index (χ1) is 13.8. The van der Waals surface area contributed by atoms with Crippen molar-refractivity contribution in [1.29, 1.82) is 0 Å². The predicted molar refractivity (Wildman–Crippen MR) is 114 cm³/mol. The molecule has 8 nitrogen and oxygen atoms in total. The number of likely N-dealkylation sites (N-methyl/N-ethyl adjacent to an activating group) is 1. The molecule has 2 amide bonds. The molecule has 0 bridgehead atoms. The lowest BCUT2D eigenvalue weighted by Crippen LogP contribution is -2.57. The van der Waals surface area contributed by atoms with Crippen LogP contribution >= 0.6 is 0 Å². The number of ether oxygens (including phenoxy) is 1. The first-order valence-corrected chi connectivity index (χ1v) is 10.7. The van der Waals surface area contributed by atoms with Crippen LogP contribution in [0.5, 0.6) is 0 Å². The molecule has 0 spiro atoms. The van der Waals surface area contributed by atoms with Gasteiger partial charge < -0.3 is 25.1 Å². The standard InChI is InChI=1S/C21H40N4O4/c1-7-16(4)20(17(29-6)8-13-26)24(5)18(27)14-23-21(28)19(15(2)3)25-11-9-22-10-12-25/h13,15-17,19-20,22H,7-12,14H2,1-6H3,(H,23,28)/t16-,17?,19-,20-/m0/s1. The summed E-state index contributed by atoms with van der Waals surface area (Å²) in [5.41, 5.74) is 0. The zero-order chi connectivity index (χ0) is 22.0. The van der Waals surface area contributed by atoms with E-state index in [1.54, 1.807) is 19.1 Å². The molecule has 4 atom stereocenters. The number of nitrogens with one attached hydrogen (secondary N) is 2. The molecule has 1 heterocycles. The third-order valence-corrected chi connectivity index (χ3v) is 5.94. The van der Waals surface area contributed by atoms with Crippen LogP contribution in [0.25, 0.3) is 0 Å². The lowest BCUT2D eigenvalue weighted by molar-refractivity contribution is -0.139. The van der Waals surface area contributed by atoms with Crippen molar-refractivity contribution in [3.63, 3.8) is 0 Å². The van der Waals surface area contributed by atoms with Gasteiger partial charge in [-0.25, -0.2) is 0 Å². The fourth-order valence-electron chi connectivity index (χ4n) is 4.12. The monoisotopic (exact) mass is 412 g/mol. The number of carbonyl (C=O) groups excluding carboxylic acids is 3. The number of carbonyl (C=O) groups is 3. The van der Waals surface area contributed by atoms with Crippen LogP contribution in [-0.4, -0.2) is 93.0 Å². The molecule has 8 heteroatoms. The Bertz CT molecular complexity index is 523. The minimum atomic E-state index is -0.364. The highest BCUT2D eigenvalue weighted by molar-refractivity contribution is 5.87. The largest absolute Gasteiger partial charge is 0.379 e. The summed E-state index contributed by atoms with van der Waals surface area (Å²) in [5, 5.41) is 6.14. The zero-order valence-electron chi connectivity index (χ0n) is 18.9. The van der Waals surface area contributed by atoms with Gasteiger partial charge in [0.05, 0.1) is 24.7 Å². The van der Waals surface area contributed by atoms with Crippen LogP contribution in [0.4, 0.5) is 0 Å². The summed E-state index contributed by atoms with van der Waals surface area (Å²) in [6, 6.07) is -0.476. The molecular formula is C21H40N4O4. The molecule has 0 aromatic rings. The summed E-state index contributed by atoms with van der Waals surface area (Å²) in [7, 11) is 3.28. The Morgan fingerprint density at radius 3 is 2.34 bits per heavy atom. The van der Waals surface area contributed by atoms with E-state index < -0.39 is 0 Å². The molecule has 0 aliphatic carbocycles. The van der Waals surface area contributed by atoms with Crippen molar-refractivity contribution in [3.8, 4) is 0 Å². The second-order valence-electron chi connectivity index (χ2n) is 8.25. The highest BCUT2D eigenvalue weighted by Gasteiger charge is 2.33. The molecule has 0 aromatic heterocycles. The quantitative estimate of drug-likeness (QED) is 0.454. The van der Waals surface area contributed by atoms with Crippen molar-refractivity contribution in [3.05, 3.63) is 0 Å². The van der Waals surface area contributed by atoms with Gasteiger partial charge in [-0.2, -0.15) is 0 Å². The number of amides is 2. The van der Waals surface area contributed by atoms with Gasteiger partial charge in [0.15, 0.2) is 0 Å². The van der Waals surface area contributed by atoms with Gasteiger partial charge in [0.1, 0.15) is 6.29 Å². The normalized spacial score (nSPS) is 19.3. The van der Waals surface area contributed by atoms with Crippen molar-refractivity contribution in [2.45, 2.75) is 58.7 Å². The van der Waals surface area contributed by atoms with Crippen LogP contribution in [0, 0.1) is 11.8 Å². The summed E-state index contributed by atoms with van der Waals surface area (Å²) in [4.78, 5) is 40.5. The zero-order valence-corrected chi connectivity index (χ0v) is 18.9. The average Bonchev–Trinajstić information content (AvgIpc) is 2.71. The van der Waals surface area contributed by atoms with E-state index in [1.165, 1.54) is 0 Å². The number of piperazine rings is 1. The lowest BCUT2D eigenvalue weighted by atomic mass is 9.91. The molecule has 1 aliphatic heterocycles. The summed E-state index contributed by atoms with van der Waals surface area (Å²) in [6.07, 6.45) is 1.54. The van der Waals surface area contributed by atoms with Crippen molar-refractivity contribution in [2.75, 3.05) is 46.9 Å². The molecule has 1 unspecified atom stereocenters. The summed E-state index contributed by atoms with van der Waals surface area (Å²) in [5.74, 6) is 0.0207. The van der Waals surface area contributed by atoms with Crippen LogP contribution in [0.1, 0.15) is 40.5 Å². The summed E-state index contributed by atoms with van der Waals surface area (Å²) in [6.45, 7) is 11.5. The highest BCUT2D eigenvalue weighted by atomic mass is 16.5. The van der Waals surface area contributed by atoms with E-state index in [-0.39, 0.29) is 54.8 Å². The number of hydrogen-bond donors (Lipinski definition) is 2. The minimum absolute atomic E-state index is 0.0604. The predicted octanol–water partition coefficient (Wildman–Crippen LogP) is 0.510. The van der Waals surface area contributed by atoms with E-state index in [0.29, 0.717) is 0 Å². The average molecular weight is 413 g/mol. The van der Waals surface area contributed by atoms with Gasteiger partial charge >= 0.3 is 0 Å². The fraction of sp³-hybridized carbons (Fsp3) is 0.857. The molecule has 2 N–H and O–H groups in total. The minimum Gasteiger partial charge on any atom is -0.379 e. The third-order valence-electron chi connectivity index (χ3n) is 5.94. The Balaban J connectivity index is 2.77. The first kappa shape index (κ1) is 25.5. The van der Waals surface area contributed by atoms with E-state index in [9.17, 15) is 14.4 Å². The van der Waals surface area contributed by atoms with Crippen molar-refractivity contribution >= 4 is 18.1 Å². The number of hydrogen-bond acceptors (Lipinski definition) is 6. The molecule has 29 heavy (non-hydrogen) atoms. The molecule has 168 valence electrons. The Hall–Kier alpha value is -1.51. The van der Waals surface area contributed by atoms with Gasteiger partial charge in [-0.3, -0.25) is 14.5 Å². The van der Waals surface area contributed by atoms with Crippen LogP contribution < -0.4 is 10.6 Å².